The molecule has 0 aliphatic rings. The predicted octanol–water partition coefficient (Wildman–Crippen LogP) is 3.40. The van der Waals surface area contributed by atoms with Gasteiger partial charge in [-0.25, -0.2) is 0 Å². The Morgan fingerprint density at radius 3 is 2.33 bits per heavy atom. The van der Waals surface area contributed by atoms with Crippen LogP contribution < -0.4 is 0 Å². The van der Waals surface area contributed by atoms with Crippen molar-refractivity contribution in [3.63, 3.8) is 0 Å². The second-order valence-corrected chi connectivity index (χ2v) is 6.66. The first-order valence-corrected chi connectivity index (χ1v) is 6.90. The number of rotatable bonds is 4. The fourth-order valence-electron chi connectivity index (χ4n) is 1.39. The molecular formula is C14H21NO2S. The number of thiophene rings is 1. The number of aliphatic hydroxyl groups is 1. The molecule has 0 fully saturated rings. The van der Waals surface area contributed by atoms with Gasteiger partial charge in [-0.2, -0.15) is 5.26 Å². The molecule has 0 aliphatic carbocycles. The number of nitriles is 1. The molecule has 1 N–H and O–H groups in total. The molecule has 3 unspecified atom stereocenters. The summed E-state index contributed by atoms with van der Waals surface area (Å²) in [6.45, 7) is 9.86. The summed E-state index contributed by atoms with van der Waals surface area (Å²) in [6, 6.07) is 6.13. The van der Waals surface area contributed by atoms with Crippen LogP contribution in [0.2, 0.25) is 0 Å². The fraction of sp³-hybridized carbons (Fsp3) is 0.643. The summed E-state index contributed by atoms with van der Waals surface area (Å²) < 4.78 is 5.57. The van der Waals surface area contributed by atoms with E-state index in [4.69, 9.17) is 4.74 Å². The molecule has 0 radical (unpaired) electrons. The molecule has 1 aromatic rings. The monoisotopic (exact) mass is 267 g/mol. The van der Waals surface area contributed by atoms with Gasteiger partial charge in [-0.3, -0.25) is 0 Å². The lowest BCUT2D eigenvalue weighted by Crippen LogP contribution is -2.24. The van der Waals surface area contributed by atoms with Crippen molar-refractivity contribution in [2.24, 2.45) is 0 Å². The first-order valence-electron chi connectivity index (χ1n) is 6.09. The van der Waals surface area contributed by atoms with Crippen molar-refractivity contribution in [3.8, 4) is 6.07 Å². The van der Waals surface area contributed by atoms with Crippen LogP contribution in [-0.2, 0) is 10.2 Å². The van der Waals surface area contributed by atoms with Crippen LogP contribution in [0.3, 0.4) is 0 Å². The van der Waals surface area contributed by atoms with E-state index in [0.29, 0.717) is 0 Å². The van der Waals surface area contributed by atoms with Crippen LogP contribution in [0.4, 0.5) is 0 Å². The van der Waals surface area contributed by atoms with E-state index in [0.717, 1.165) is 4.88 Å². The third-order valence-corrected chi connectivity index (χ3v) is 4.33. The number of nitrogens with zero attached hydrogens (tertiary/aromatic N) is 1. The standard InChI is InChI=1S/C14H21NO2S/c1-9(16)10(2)17-11(8-15)12-6-7-13(18-12)14(3,4)5/h6-7,9-11,16H,1-5H3. The smallest absolute Gasteiger partial charge is 0.178 e. The van der Waals surface area contributed by atoms with Crippen LogP contribution in [0.1, 0.15) is 50.5 Å². The zero-order valence-corrected chi connectivity index (χ0v) is 12.4. The molecule has 1 rings (SSSR count). The first kappa shape index (κ1) is 15.2. The van der Waals surface area contributed by atoms with Gasteiger partial charge < -0.3 is 9.84 Å². The topological polar surface area (TPSA) is 53.2 Å². The van der Waals surface area contributed by atoms with E-state index < -0.39 is 12.2 Å². The first-order chi connectivity index (χ1) is 8.25. The van der Waals surface area contributed by atoms with Gasteiger partial charge in [-0.1, -0.05) is 20.8 Å². The lowest BCUT2D eigenvalue weighted by atomic mass is 9.95. The van der Waals surface area contributed by atoms with Gasteiger partial charge in [0, 0.05) is 9.75 Å². The van der Waals surface area contributed by atoms with Crippen LogP contribution in [0, 0.1) is 11.3 Å². The molecule has 1 aromatic heterocycles. The van der Waals surface area contributed by atoms with Crippen molar-refractivity contribution >= 4 is 11.3 Å². The van der Waals surface area contributed by atoms with E-state index >= 15 is 0 Å². The van der Waals surface area contributed by atoms with Crippen LogP contribution in [-0.4, -0.2) is 17.3 Å². The minimum Gasteiger partial charge on any atom is -0.391 e. The van der Waals surface area contributed by atoms with E-state index in [1.54, 1.807) is 25.2 Å². The number of aliphatic hydroxyl groups excluding tert-OH is 1. The van der Waals surface area contributed by atoms with Gasteiger partial charge in [0.15, 0.2) is 6.10 Å². The maximum absolute atomic E-state index is 9.42. The van der Waals surface area contributed by atoms with Crippen molar-refractivity contribution in [1.82, 2.24) is 0 Å². The van der Waals surface area contributed by atoms with Gasteiger partial charge in [-0.15, -0.1) is 11.3 Å². The Morgan fingerprint density at radius 1 is 1.33 bits per heavy atom. The Balaban J connectivity index is 2.84. The summed E-state index contributed by atoms with van der Waals surface area (Å²) >= 11 is 1.60. The van der Waals surface area contributed by atoms with E-state index in [-0.39, 0.29) is 11.5 Å². The second kappa shape index (κ2) is 5.83. The molecule has 100 valence electrons. The van der Waals surface area contributed by atoms with Gasteiger partial charge in [0.1, 0.15) is 6.07 Å². The number of hydrogen-bond acceptors (Lipinski definition) is 4. The van der Waals surface area contributed by atoms with Gasteiger partial charge in [-0.05, 0) is 31.4 Å². The number of hydrogen-bond donors (Lipinski definition) is 1. The summed E-state index contributed by atoms with van der Waals surface area (Å²) in [5, 5.41) is 18.6. The maximum atomic E-state index is 9.42. The highest BCUT2D eigenvalue weighted by Gasteiger charge is 2.22. The molecule has 3 atom stereocenters. The highest BCUT2D eigenvalue weighted by atomic mass is 32.1. The zero-order valence-electron chi connectivity index (χ0n) is 11.6. The molecule has 0 aliphatic heterocycles. The van der Waals surface area contributed by atoms with E-state index in [2.05, 4.69) is 26.8 Å². The summed E-state index contributed by atoms with van der Waals surface area (Å²) in [6.07, 6.45) is -1.53. The third kappa shape index (κ3) is 3.81. The van der Waals surface area contributed by atoms with Crippen LogP contribution in [0.5, 0.6) is 0 Å². The fourth-order valence-corrected chi connectivity index (χ4v) is 2.43. The summed E-state index contributed by atoms with van der Waals surface area (Å²) in [4.78, 5) is 2.13. The average molecular weight is 267 g/mol. The Bertz CT molecular complexity index is 426. The average Bonchev–Trinajstić information content (AvgIpc) is 2.73. The lowest BCUT2D eigenvalue weighted by molar-refractivity contribution is -0.0415. The minimum atomic E-state index is -0.601. The molecule has 3 nitrogen and oxygen atoms in total. The van der Waals surface area contributed by atoms with Crippen LogP contribution in [0.15, 0.2) is 12.1 Å². The van der Waals surface area contributed by atoms with E-state index in [1.807, 2.05) is 12.1 Å². The Hall–Kier alpha value is -0.890. The SMILES string of the molecule is CC(O)C(C)OC(C#N)c1ccc(C(C)(C)C)s1. The molecule has 0 saturated carbocycles. The quantitative estimate of drug-likeness (QED) is 0.909. The van der Waals surface area contributed by atoms with Crippen molar-refractivity contribution in [3.05, 3.63) is 21.9 Å². The molecule has 0 spiro atoms. The molecular weight excluding hydrogens is 246 g/mol. The van der Waals surface area contributed by atoms with Crippen LogP contribution >= 0.6 is 11.3 Å². The Kier molecular flexibility index (Phi) is 4.92. The van der Waals surface area contributed by atoms with Crippen molar-refractivity contribution in [2.45, 2.75) is 58.3 Å². The Labute approximate surface area is 113 Å². The summed E-state index contributed by atoms with van der Waals surface area (Å²) in [5.74, 6) is 0. The van der Waals surface area contributed by atoms with Gasteiger partial charge in [0.25, 0.3) is 0 Å². The highest BCUT2D eigenvalue weighted by molar-refractivity contribution is 7.12. The van der Waals surface area contributed by atoms with Crippen LogP contribution in [0.25, 0.3) is 0 Å². The molecule has 1 heterocycles. The van der Waals surface area contributed by atoms with E-state index in [9.17, 15) is 10.4 Å². The van der Waals surface area contributed by atoms with Crippen molar-refractivity contribution in [1.29, 1.82) is 5.26 Å². The number of ether oxygens (including phenoxy) is 1. The third-order valence-electron chi connectivity index (χ3n) is 2.77. The van der Waals surface area contributed by atoms with E-state index in [1.165, 1.54) is 4.88 Å². The molecule has 0 aromatic carbocycles. The van der Waals surface area contributed by atoms with Gasteiger partial charge in [0.2, 0.25) is 0 Å². The van der Waals surface area contributed by atoms with Gasteiger partial charge >= 0.3 is 0 Å². The molecule has 0 amide bonds. The Morgan fingerprint density at radius 2 is 1.94 bits per heavy atom. The van der Waals surface area contributed by atoms with Crippen molar-refractivity contribution in [2.75, 3.05) is 0 Å². The second-order valence-electron chi connectivity index (χ2n) is 5.54. The maximum Gasteiger partial charge on any atom is 0.178 e. The molecule has 4 heteroatoms. The molecule has 0 saturated heterocycles. The minimum absolute atomic E-state index is 0.0822. The predicted molar refractivity (Wildman–Crippen MR) is 73.6 cm³/mol. The summed E-state index contributed by atoms with van der Waals surface area (Å²) in [7, 11) is 0. The normalized spacial score (nSPS) is 16.9. The largest absolute Gasteiger partial charge is 0.391 e. The highest BCUT2D eigenvalue weighted by Crippen LogP contribution is 2.33. The zero-order chi connectivity index (χ0) is 13.9. The van der Waals surface area contributed by atoms with Crippen molar-refractivity contribution < 1.29 is 9.84 Å². The molecule has 18 heavy (non-hydrogen) atoms. The molecule has 0 bridgehead atoms. The summed E-state index contributed by atoms with van der Waals surface area (Å²) in [5.41, 5.74) is 0.0822. The lowest BCUT2D eigenvalue weighted by Gasteiger charge is -2.19. The van der Waals surface area contributed by atoms with Gasteiger partial charge in [0.05, 0.1) is 12.2 Å².